The van der Waals surface area contributed by atoms with E-state index in [-0.39, 0.29) is 5.97 Å². The molecule has 0 aliphatic carbocycles. The molecule has 1 aliphatic rings. The predicted octanol–water partition coefficient (Wildman–Crippen LogP) is 1.24. The third kappa shape index (κ3) is 1.46. The molecule has 72 valence electrons. The molecule has 0 bridgehead atoms. The Morgan fingerprint density at radius 2 is 2.43 bits per heavy atom. The molecule has 0 unspecified atom stereocenters. The van der Waals surface area contributed by atoms with E-state index >= 15 is 0 Å². The number of rotatable bonds is 1. The standard InChI is InChI=1S/C10H9NO3/c1-13-10(12)7-2-3-9-8(4-7)5-11-6-14-9/h2-5H,6H2,1H3. The topological polar surface area (TPSA) is 47.9 Å². The summed E-state index contributed by atoms with van der Waals surface area (Å²) in [5.74, 6) is 0.388. The predicted molar refractivity (Wildman–Crippen MR) is 50.9 cm³/mol. The fourth-order valence-electron chi connectivity index (χ4n) is 1.27. The highest BCUT2D eigenvalue weighted by Gasteiger charge is 2.11. The average Bonchev–Trinajstić information content (AvgIpc) is 2.27. The average molecular weight is 191 g/mol. The minimum absolute atomic E-state index is 0.338. The molecule has 0 aromatic heterocycles. The lowest BCUT2D eigenvalue weighted by Gasteiger charge is -2.11. The molecule has 1 aliphatic heterocycles. The molecule has 1 aromatic rings. The van der Waals surface area contributed by atoms with Crippen LogP contribution in [-0.4, -0.2) is 26.0 Å². The van der Waals surface area contributed by atoms with E-state index in [1.54, 1.807) is 24.4 Å². The van der Waals surface area contributed by atoms with E-state index in [1.165, 1.54) is 7.11 Å². The normalized spacial score (nSPS) is 12.9. The van der Waals surface area contributed by atoms with Gasteiger partial charge in [-0.15, -0.1) is 0 Å². The Bertz CT molecular complexity index is 398. The van der Waals surface area contributed by atoms with Gasteiger partial charge in [-0.05, 0) is 18.2 Å². The van der Waals surface area contributed by atoms with Crippen molar-refractivity contribution >= 4 is 12.2 Å². The molecule has 0 N–H and O–H groups in total. The Morgan fingerprint density at radius 3 is 3.21 bits per heavy atom. The number of esters is 1. The summed E-state index contributed by atoms with van der Waals surface area (Å²) >= 11 is 0. The summed E-state index contributed by atoms with van der Waals surface area (Å²) in [7, 11) is 1.35. The molecule has 0 fully saturated rings. The number of carbonyl (C=O) groups is 1. The molecule has 4 nitrogen and oxygen atoms in total. The Balaban J connectivity index is 2.40. The van der Waals surface area contributed by atoms with Crippen molar-refractivity contribution in [2.45, 2.75) is 0 Å². The van der Waals surface area contributed by atoms with Crippen molar-refractivity contribution in [3.05, 3.63) is 29.3 Å². The van der Waals surface area contributed by atoms with Gasteiger partial charge in [0.05, 0.1) is 12.7 Å². The van der Waals surface area contributed by atoms with Gasteiger partial charge in [0.2, 0.25) is 0 Å². The summed E-state index contributed by atoms with van der Waals surface area (Å²) < 4.78 is 9.84. The van der Waals surface area contributed by atoms with Gasteiger partial charge in [0, 0.05) is 11.8 Å². The van der Waals surface area contributed by atoms with Crippen LogP contribution < -0.4 is 4.74 Å². The number of benzene rings is 1. The zero-order valence-electron chi connectivity index (χ0n) is 7.69. The molecule has 4 heteroatoms. The molecule has 2 rings (SSSR count). The van der Waals surface area contributed by atoms with E-state index in [2.05, 4.69) is 9.73 Å². The second-order valence-electron chi connectivity index (χ2n) is 2.83. The summed E-state index contributed by atoms with van der Waals surface area (Å²) in [6, 6.07) is 5.11. The summed E-state index contributed by atoms with van der Waals surface area (Å²) in [6.07, 6.45) is 1.69. The second kappa shape index (κ2) is 3.49. The van der Waals surface area contributed by atoms with Crippen LogP contribution in [-0.2, 0) is 4.74 Å². The van der Waals surface area contributed by atoms with E-state index in [0.29, 0.717) is 12.3 Å². The van der Waals surface area contributed by atoms with Gasteiger partial charge in [-0.2, -0.15) is 0 Å². The number of hydrogen-bond donors (Lipinski definition) is 0. The smallest absolute Gasteiger partial charge is 0.337 e. The first kappa shape index (κ1) is 8.74. The van der Waals surface area contributed by atoms with Crippen molar-refractivity contribution in [1.29, 1.82) is 0 Å². The molecule has 1 aromatic carbocycles. The molecule has 1 heterocycles. The quantitative estimate of drug-likeness (QED) is 0.627. The number of fused-ring (bicyclic) bond motifs is 1. The van der Waals surface area contributed by atoms with E-state index in [9.17, 15) is 4.79 Å². The van der Waals surface area contributed by atoms with E-state index in [0.717, 1.165) is 11.3 Å². The maximum atomic E-state index is 11.2. The fraction of sp³-hybridized carbons (Fsp3) is 0.200. The van der Waals surface area contributed by atoms with Gasteiger partial charge in [0.1, 0.15) is 5.75 Å². The van der Waals surface area contributed by atoms with Crippen LogP contribution in [0.3, 0.4) is 0 Å². The highest BCUT2D eigenvalue weighted by atomic mass is 16.5. The highest BCUT2D eigenvalue weighted by molar-refractivity contribution is 5.93. The van der Waals surface area contributed by atoms with Crippen molar-refractivity contribution < 1.29 is 14.3 Å². The van der Waals surface area contributed by atoms with E-state index in [1.807, 2.05) is 0 Å². The van der Waals surface area contributed by atoms with E-state index < -0.39 is 0 Å². The van der Waals surface area contributed by atoms with Crippen LogP contribution in [0.25, 0.3) is 0 Å². The third-order valence-electron chi connectivity index (χ3n) is 1.96. The van der Waals surface area contributed by atoms with Crippen LogP contribution in [0.15, 0.2) is 23.2 Å². The molecular formula is C10H9NO3. The number of aliphatic imine (C=N–C) groups is 1. The minimum Gasteiger partial charge on any atom is -0.471 e. The molecule has 0 saturated heterocycles. The molecular weight excluding hydrogens is 182 g/mol. The van der Waals surface area contributed by atoms with Crippen molar-refractivity contribution in [2.24, 2.45) is 4.99 Å². The Hall–Kier alpha value is -1.84. The van der Waals surface area contributed by atoms with Crippen molar-refractivity contribution in [2.75, 3.05) is 13.8 Å². The first-order chi connectivity index (χ1) is 6.81. The number of nitrogens with zero attached hydrogens (tertiary/aromatic N) is 1. The van der Waals surface area contributed by atoms with Crippen molar-refractivity contribution in [3.63, 3.8) is 0 Å². The number of hydrogen-bond acceptors (Lipinski definition) is 4. The Labute approximate surface area is 81.2 Å². The van der Waals surface area contributed by atoms with Gasteiger partial charge in [-0.3, -0.25) is 4.99 Å². The fourth-order valence-corrected chi connectivity index (χ4v) is 1.27. The van der Waals surface area contributed by atoms with Crippen LogP contribution >= 0.6 is 0 Å². The third-order valence-corrected chi connectivity index (χ3v) is 1.96. The monoisotopic (exact) mass is 191 g/mol. The summed E-state index contributed by atoms with van der Waals surface area (Å²) in [5.41, 5.74) is 1.31. The lowest BCUT2D eigenvalue weighted by Crippen LogP contribution is -2.07. The van der Waals surface area contributed by atoms with Gasteiger partial charge in [-0.25, -0.2) is 4.79 Å². The molecule has 0 atom stereocenters. The molecule has 0 saturated carbocycles. The SMILES string of the molecule is COC(=O)c1ccc2c(c1)C=NCO2. The molecule has 0 amide bonds. The van der Waals surface area contributed by atoms with Gasteiger partial charge in [-0.1, -0.05) is 0 Å². The molecule has 14 heavy (non-hydrogen) atoms. The van der Waals surface area contributed by atoms with E-state index in [4.69, 9.17) is 4.74 Å². The zero-order valence-corrected chi connectivity index (χ0v) is 7.69. The highest BCUT2D eigenvalue weighted by Crippen LogP contribution is 2.21. The largest absolute Gasteiger partial charge is 0.471 e. The number of methoxy groups -OCH3 is 1. The summed E-state index contributed by atoms with van der Waals surface area (Å²) in [4.78, 5) is 15.1. The van der Waals surface area contributed by atoms with Crippen LogP contribution in [0.1, 0.15) is 15.9 Å². The minimum atomic E-state index is -0.355. The van der Waals surface area contributed by atoms with Crippen LogP contribution in [0.5, 0.6) is 5.75 Å². The van der Waals surface area contributed by atoms with Gasteiger partial charge in [0.15, 0.2) is 6.73 Å². The Morgan fingerprint density at radius 1 is 1.57 bits per heavy atom. The van der Waals surface area contributed by atoms with Crippen molar-refractivity contribution in [3.8, 4) is 5.75 Å². The van der Waals surface area contributed by atoms with Crippen molar-refractivity contribution in [1.82, 2.24) is 0 Å². The summed E-state index contributed by atoms with van der Waals surface area (Å²) in [6.45, 7) is 0.338. The van der Waals surface area contributed by atoms with Crippen LogP contribution in [0.2, 0.25) is 0 Å². The first-order valence-corrected chi connectivity index (χ1v) is 4.16. The maximum absolute atomic E-state index is 11.2. The van der Waals surface area contributed by atoms with Gasteiger partial charge >= 0.3 is 5.97 Å². The van der Waals surface area contributed by atoms with Crippen LogP contribution in [0.4, 0.5) is 0 Å². The first-order valence-electron chi connectivity index (χ1n) is 4.16. The van der Waals surface area contributed by atoms with Crippen LogP contribution in [0, 0.1) is 0 Å². The molecule has 0 spiro atoms. The number of carbonyl (C=O) groups excluding carboxylic acids is 1. The molecule has 0 radical (unpaired) electrons. The number of ether oxygens (including phenoxy) is 2. The van der Waals surface area contributed by atoms with Gasteiger partial charge in [0.25, 0.3) is 0 Å². The summed E-state index contributed by atoms with van der Waals surface area (Å²) in [5, 5.41) is 0. The Kier molecular flexibility index (Phi) is 2.18. The zero-order chi connectivity index (χ0) is 9.97. The lowest BCUT2D eigenvalue weighted by atomic mass is 10.1. The van der Waals surface area contributed by atoms with Gasteiger partial charge < -0.3 is 9.47 Å². The maximum Gasteiger partial charge on any atom is 0.337 e. The second-order valence-corrected chi connectivity index (χ2v) is 2.83. The lowest BCUT2D eigenvalue weighted by molar-refractivity contribution is 0.0600.